The van der Waals surface area contributed by atoms with E-state index >= 15 is 0 Å². The summed E-state index contributed by atoms with van der Waals surface area (Å²) in [6.07, 6.45) is 2.45. The Bertz CT molecular complexity index is 838. The van der Waals surface area contributed by atoms with Crippen molar-refractivity contribution in [1.82, 2.24) is 4.90 Å². The normalized spacial score (nSPS) is 21.5. The van der Waals surface area contributed by atoms with Crippen molar-refractivity contribution in [3.8, 4) is 11.5 Å². The molecule has 0 saturated carbocycles. The lowest BCUT2D eigenvalue weighted by Gasteiger charge is -2.32. The molecule has 142 valence electrons. The van der Waals surface area contributed by atoms with Crippen LogP contribution in [0.2, 0.25) is 0 Å². The van der Waals surface area contributed by atoms with Crippen molar-refractivity contribution in [3.05, 3.63) is 59.4 Å². The van der Waals surface area contributed by atoms with Gasteiger partial charge in [0.25, 0.3) is 0 Å². The summed E-state index contributed by atoms with van der Waals surface area (Å²) in [5, 5.41) is 0. The van der Waals surface area contributed by atoms with E-state index in [2.05, 4.69) is 0 Å². The molecule has 1 saturated heterocycles. The molecule has 0 aromatic heterocycles. The van der Waals surface area contributed by atoms with Gasteiger partial charge >= 0.3 is 0 Å². The molecule has 0 aliphatic carbocycles. The molecule has 2 aromatic rings. The molecule has 4 nitrogen and oxygen atoms in total. The van der Waals surface area contributed by atoms with E-state index in [0.717, 1.165) is 35.5 Å². The number of nitrogens with zero attached hydrogens (tertiary/aromatic N) is 1. The van der Waals surface area contributed by atoms with Gasteiger partial charge in [-0.05, 0) is 67.6 Å². The lowest BCUT2D eigenvalue weighted by Crippen LogP contribution is -2.40. The van der Waals surface area contributed by atoms with E-state index in [1.54, 1.807) is 6.07 Å². The summed E-state index contributed by atoms with van der Waals surface area (Å²) in [5.74, 6) is 1.24. The van der Waals surface area contributed by atoms with E-state index in [9.17, 15) is 9.18 Å². The van der Waals surface area contributed by atoms with Crippen LogP contribution in [0.25, 0.3) is 0 Å². The van der Waals surface area contributed by atoms with Crippen LogP contribution in [-0.2, 0) is 11.2 Å². The number of amides is 1. The number of halogens is 1. The van der Waals surface area contributed by atoms with Gasteiger partial charge in [-0.2, -0.15) is 0 Å². The topological polar surface area (TPSA) is 38.8 Å². The quantitative estimate of drug-likeness (QED) is 0.813. The van der Waals surface area contributed by atoms with Crippen LogP contribution in [0.4, 0.5) is 4.39 Å². The Kier molecular flexibility index (Phi) is 5.01. The second-order valence-electron chi connectivity index (χ2n) is 7.16. The zero-order valence-corrected chi connectivity index (χ0v) is 15.5. The maximum atomic E-state index is 13.6. The average Bonchev–Trinajstić information content (AvgIpc) is 3.17. The largest absolute Gasteiger partial charge is 0.494 e. The van der Waals surface area contributed by atoms with Crippen LogP contribution >= 0.6 is 0 Å². The van der Waals surface area contributed by atoms with Gasteiger partial charge in [-0.25, -0.2) is 4.39 Å². The third-order valence-corrected chi connectivity index (χ3v) is 5.37. The maximum absolute atomic E-state index is 13.6. The summed E-state index contributed by atoms with van der Waals surface area (Å²) in [7, 11) is 0. The molecule has 2 aromatic carbocycles. The minimum atomic E-state index is -0.259. The summed E-state index contributed by atoms with van der Waals surface area (Å²) in [6.45, 7) is 3.64. The van der Waals surface area contributed by atoms with Crippen molar-refractivity contribution >= 4 is 5.91 Å². The van der Waals surface area contributed by atoms with Crippen LogP contribution in [0.3, 0.4) is 0 Å². The monoisotopic (exact) mass is 369 g/mol. The van der Waals surface area contributed by atoms with Crippen LogP contribution in [-0.4, -0.2) is 30.6 Å². The third kappa shape index (κ3) is 3.64. The van der Waals surface area contributed by atoms with Gasteiger partial charge in [0.1, 0.15) is 23.9 Å². The van der Waals surface area contributed by atoms with E-state index in [1.165, 1.54) is 12.1 Å². The number of benzene rings is 2. The SMILES string of the molecule is CCOc1ccc2c(c1)CC(C(=O)N1CCCC1c1cccc(F)c1)CO2. The van der Waals surface area contributed by atoms with Gasteiger partial charge < -0.3 is 14.4 Å². The van der Waals surface area contributed by atoms with Crippen molar-refractivity contribution < 1.29 is 18.7 Å². The van der Waals surface area contributed by atoms with Gasteiger partial charge in [0.05, 0.1) is 18.6 Å². The van der Waals surface area contributed by atoms with Crippen molar-refractivity contribution in [1.29, 1.82) is 0 Å². The highest BCUT2D eigenvalue weighted by molar-refractivity contribution is 5.80. The molecule has 0 N–H and O–H groups in total. The second kappa shape index (κ2) is 7.59. The van der Waals surface area contributed by atoms with Crippen molar-refractivity contribution in [2.45, 2.75) is 32.2 Å². The number of rotatable bonds is 4. The fourth-order valence-corrected chi connectivity index (χ4v) is 4.11. The minimum Gasteiger partial charge on any atom is -0.494 e. The third-order valence-electron chi connectivity index (χ3n) is 5.37. The molecule has 1 fully saturated rings. The Morgan fingerprint density at radius 2 is 2.19 bits per heavy atom. The molecule has 0 spiro atoms. The molecule has 2 atom stereocenters. The van der Waals surface area contributed by atoms with E-state index in [-0.39, 0.29) is 23.7 Å². The van der Waals surface area contributed by atoms with Gasteiger partial charge in [0.2, 0.25) is 5.91 Å². The smallest absolute Gasteiger partial charge is 0.229 e. The Balaban J connectivity index is 1.52. The van der Waals surface area contributed by atoms with Crippen molar-refractivity contribution in [2.24, 2.45) is 5.92 Å². The molecule has 0 radical (unpaired) electrons. The Morgan fingerprint density at radius 1 is 1.30 bits per heavy atom. The highest BCUT2D eigenvalue weighted by atomic mass is 19.1. The van der Waals surface area contributed by atoms with Crippen LogP contribution in [0.1, 0.15) is 36.9 Å². The number of carbonyl (C=O) groups is 1. The van der Waals surface area contributed by atoms with Crippen LogP contribution in [0.5, 0.6) is 11.5 Å². The fraction of sp³-hybridized carbons (Fsp3) is 0.409. The summed E-state index contributed by atoms with van der Waals surface area (Å²) in [5.41, 5.74) is 1.88. The highest BCUT2D eigenvalue weighted by Gasteiger charge is 2.36. The Hall–Kier alpha value is -2.56. The molecule has 27 heavy (non-hydrogen) atoms. The summed E-state index contributed by atoms with van der Waals surface area (Å²) in [4.78, 5) is 15.1. The molecule has 0 bridgehead atoms. The van der Waals surface area contributed by atoms with E-state index in [1.807, 2.05) is 36.1 Å². The predicted octanol–water partition coefficient (Wildman–Crippen LogP) is 4.14. The molecule has 1 amide bonds. The molecular formula is C22H24FNO3. The summed E-state index contributed by atoms with van der Waals surface area (Å²) >= 11 is 0. The fourth-order valence-electron chi connectivity index (χ4n) is 4.11. The van der Waals surface area contributed by atoms with Gasteiger partial charge in [0.15, 0.2) is 0 Å². The molecule has 5 heteroatoms. The van der Waals surface area contributed by atoms with Crippen LogP contribution in [0.15, 0.2) is 42.5 Å². The summed E-state index contributed by atoms with van der Waals surface area (Å²) in [6, 6.07) is 12.3. The number of carbonyl (C=O) groups excluding carboxylic acids is 1. The second-order valence-corrected chi connectivity index (χ2v) is 7.16. The standard InChI is InChI=1S/C22H24FNO3/c1-2-26-19-8-9-21-16(13-19)11-17(14-27-21)22(25)24-10-4-7-20(24)15-5-3-6-18(23)12-15/h3,5-6,8-9,12-13,17,20H,2,4,7,10-11,14H2,1H3. The first-order chi connectivity index (χ1) is 13.2. The molecule has 2 heterocycles. The number of hydrogen-bond acceptors (Lipinski definition) is 3. The van der Waals surface area contributed by atoms with E-state index in [0.29, 0.717) is 26.2 Å². The lowest BCUT2D eigenvalue weighted by atomic mass is 9.94. The predicted molar refractivity (Wildman–Crippen MR) is 100 cm³/mol. The number of hydrogen-bond donors (Lipinski definition) is 0. The molecule has 2 unspecified atom stereocenters. The van der Waals surface area contributed by atoms with E-state index in [4.69, 9.17) is 9.47 Å². The first-order valence-electron chi connectivity index (χ1n) is 9.60. The first-order valence-corrected chi connectivity index (χ1v) is 9.60. The maximum Gasteiger partial charge on any atom is 0.229 e. The lowest BCUT2D eigenvalue weighted by molar-refractivity contribution is -0.137. The van der Waals surface area contributed by atoms with Gasteiger partial charge in [-0.15, -0.1) is 0 Å². The van der Waals surface area contributed by atoms with Gasteiger partial charge in [-0.3, -0.25) is 4.79 Å². The minimum absolute atomic E-state index is 0.0515. The number of likely N-dealkylation sites (tertiary alicyclic amines) is 1. The van der Waals surface area contributed by atoms with E-state index < -0.39 is 0 Å². The zero-order valence-electron chi connectivity index (χ0n) is 15.5. The van der Waals surface area contributed by atoms with Gasteiger partial charge in [-0.1, -0.05) is 12.1 Å². The molecule has 4 rings (SSSR count). The Labute approximate surface area is 158 Å². The highest BCUT2D eigenvalue weighted by Crippen LogP contribution is 2.36. The van der Waals surface area contributed by atoms with Crippen molar-refractivity contribution in [3.63, 3.8) is 0 Å². The number of ether oxygens (including phenoxy) is 2. The molecule has 2 aliphatic heterocycles. The molecular weight excluding hydrogens is 345 g/mol. The van der Waals surface area contributed by atoms with Crippen LogP contribution < -0.4 is 9.47 Å². The zero-order chi connectivity index (χ0) is 18.8. The Morgan fingerprint density at radius 3 is 3.00 bits per heavy atom. The molecule has 2 aliphatic rings. The van der Waals surface area contributed by atoms with Gasteiger partial charge in [0, 0.05) is 6.54 Å². The first kappa shape index (κ1) is 17.8. The number of fused-ring (bicyclic) bond motifs is 1. The van der Waals surface area contributed by atoms with Crippen molar-refractivity contribution in [2.75, 3.05) is 19.8 Å². The van der Waals surface area contributed by atoms with Crippen LogP contribution in [0, 0.1) is 11.7 Å². The summed E-state index contributed by atoms with van der Waals surface area (Å²) < 4.78 is 25.0. The average molecular weight is 369 g/mol.